The fraction of sp³-hybridized carbons (Fsp3) is 0.438. The van der Waals surface area contributed by atoms with E-state index in [1.807, 2.05) is 23.1 Å². The van der Waals surface area contributed by atoms with Gasteiger partial charge >= 0.3 is 0 Å². The van der Waals surface area contributed by atoms with Gasteiger partial charge in [-0.1, -0.05) is 12.1 Å². The molecule has 1 saturated heterocycles. The molecule has 0 aliphatic carbocycles. The van der Waals surface area contributed by atoms with Gasteiger partial charge in [-0.15, -0.1) is 0 Å². The summed E-state index contributed by atoms with van der Waals surface area (Å²) in [5.74, 6) is 0.152. The first kappa shape index (κ1) is 14.7. The van der Waals surface area contributed by atoms with Gasteiger partial charge in [0.1, 0.15) is 11.2 Å². The van der Waals surface area contributed by atoms with Crippen LogP contribution in [0.4, 0.5) is 0 Å². The van der Waals surface area contributed by atoms with E-state index in [1.54, 1.807) is 6.07 Å². The first-order valence-electron chi connectivity index (χ1n) is 7.57. The molecule has 6 nitrogen and oxygen atoms in total. The number of nitrogens with zero attached hydrogens (tertiary/aromatic N) is 3. The van der Waals surface area contributed by atoms with Crippen LogP contribution in [0.1, 0.15) is 18.5 Å². The molecule has 2 heterocycles. The van der Waals surface area contributed by atoms with Crippen LogP contribution in [-0.2, 0) is 16.0 Å². The highest BCUT2D eigenvalue weighted by Crippen LogP contribution is 2.10. The molecule has 0 atom stereocenters. The number of ether oxygens (including phenoxy) is 1. The lowest BCUT2D eigenvalue weighted by atomic mass is 10.1. The molecule has 1 amide bonds. The first-order chi connectivity index (χ1) is 10.7. The highest BCUT2D eigenvalue weighted by atomic mass is 16.5. The van der Waals surface area contributed by atoms with Gasteiger partial charge in [0.25, 0.3) is 0 Å². The van der Waals surface area contributed by atoms with Crippen molar-refractivity contribution in [1.82, 2.24) is 9.88 Å². The minimum atomic E-state index is 0.152. The summed E-state index contributed by atoms with van der Waals surface area (Å²) in [5, 5.41) is 11.9. The summed E-state index contributed by atoms with van der Waals surface area (Å²) >= 11 is 0. The molecule has 0 bridgehead atoms. The monoisotopic (exact) mass is 301 g/mol. The molecule has 0 spiro atoms. The number of hydrogen-bond acceptors (Lipinski definition) is 4. The minimum Gasteiger partial charge on any atom is -0.618 e. The van der Waals surface area contributed by atoms with Crippen LogP contribution in [0.3, 0.4) is 0 Å². The van der Waals surface area contributed by atoms with E-state index in [4.69, 9.17) is 4.74 Å². The molecule has 116 valence electrons. The zero-order chi connectivity index (χ0) is 15.4. The lowest BCUT2D eigenvalue weighted by Crippen LogP contribution is -2.40. The van der Waals surface area contributed by atoms with Crippen molar-refractivity contribution >= 4 is 16.9 Å². The number of aromatic nitrogens is 2. The number of carbonyl (C=O) groups is 1. The van der Waals surface area contributed by atoms with Crippen LogP contribution in [0.5, 0.6) is 0 Å². The van der Waals surface area contributed by atoms with Crippen LogP contribution >= 0.6 is 0 Å². The van der Waals surface area contributed by atoms with Crippen molar-refractivity contribution in [2.24, 2.45) is 0 Å². The fourth-order valence-corrected chi connectivity index (χ4v) is 2.65. The number of aryl methyl sites for hydroxylation is 1. The lowest BCUT2D eigenvalue weighted by Gasteiger charge is -2.26. The summed E-state index contributed by atoms with van der Waals surface area (Å²) in [4.78, 5) is 18.4. The molecule has 1 aliphatic rings. The molecule has 1 aliphatic heterocycles. The number of para-hydroxylation sites is 2. The second kappa shape index (κ2) is 6.70. The van der Waals surface area contributed by atoms with Gasteiger partial charge in [-0.2, -0.15) is 4.73 Å². The number of hydrogen-bond donors (Lipinski definition) is 0. The van der Waals surface area contributed by atoms with Gasteiger partial charge < -0.3 is 14.8 Å². The molecule has 6 heteroatoms. The maximum Gasteiger partial charge on any atom is 0.242 e. The van der Waals surface area contributed by atoms with E-state index in [0.717, 1.165) is 10.4 Å². The van der Waals surface area contributed by atoms with E-state index in [2.05, 4.69) is 4.98 Å². The Morgan fingerprint density at radius 3 is 2.91 bits per heavy atom. The molecule has 0 saturated carbocycles. The van der Waals surface area contributed by atoms with Gasteiger partial charge in [0.15, 0.2) is 0 Å². The van der Waals surface area contributed by atoms with Crippen molar-refractivity contribution < 1.29 is 14.3 Å². The summed E-state index contributed by atoms with van der Waals surface area (Å²) in [6.45, 7) is 2.59. The second-order valence-corrected chi connectivity index (χ2v) is 5.39. The van der Waals surface area contributed by atoms with E-state index >= 15 is 0 Å². The Hall–Kier alpha value is -2.21. The number of rotatable bonds is 4. The molecule has 2 aromatic rings. The first-order valence-corrected chi connectivity index (χ1v) is 7.57. The molecule has 1 aromatic carbocycles. The highest BCUT2D eigenvalue weighted by molar-refractivity contribution is 5.76. The van der Waals surface area contributed by atoms with Crippen LogP contribution in [0.2, 0.25) is 0 Å². The Morgan fingerprint density at radius 1 is 1.32 bits per heavy atom. The molecular weight excluding hydrogens is 282 g/mol. The lowest BCUT2D eigenvalue weighted by molar-refractivity contribution is -0.577. The standard InChI is InChI=1S/C16H19N3O3/c20-16(18-8-10-22-11-9-18)7-3-4-13-12-19(21)15-6-2-1-5-14(15)17-13/h1-2,5-6,12H,3-4,7-11H2. The van der Waals surface area contributed by atoms with Crippen LogP contribution in [-0.4, -0.2) is 42.1 Å². The molecule has 1 fully saturated rings. The Balaban J connectivity index is 1.58. The topological polar surface area (TPSA) is 69.4 Å². The van der Waals surface area contributed by atoms with Crippen molar-refractivity contribution in [1.29, 1.82) is 0 Å². The predicted octanol–water partition coefficient (Wildman–Crippen LogP) is 1.05. The van der Waals surface area contributed by atoms with E-state index in [0.29, 0.717) is 56.6 Å². The molecular formula is C16H19N3O3. The average Bonchev–Trinajstić information content (AvgIpc) is 2.56. The molecule has 0 unspecified atom stereocenters. The number of morpholine rings is 1. The summed E-state index contributed by atoms with van der Waals surface area (Å²) in [5.41, 5.74) is 1.98. The maximum absolute atomic E-state index is 12.1. The summed E-state index contributed by atoms with van der Waals surface area (Å²) in [7, 11) is 0. The summed E-state index contributed by atoms with van der Waals surface area (Å²) in [6, 6.07) is 7.26. The normalized spacial score (nSPS) is 15.2. The molecule has 22 heavy (non-hydrogen) atoms. The van der Waals surface area contributed by atoms with E-state index < -0.39 is 0 Å². The Kier molecular flexibility index (Phi) is 4.48. The van der Waals surface area contributed by atoms with Crippen molar-refractivity contribution in [3.8, 4) is 0 Å². The van der Waals surface area contributed by atoms with Crippen molar-refractivity contribution in [3.63, 3.8) is 0 Å². The largest absolute Gasteiger partial charge is 0.618 e. The summed E-state index contributed by atoms with van der Waals surface area (Å²) in [6.07, 6.45) is 3.31. The number of fused-ring (bicyclic) bond motifs is 1. The Bertz CT molecular complexity index is 669. The fourth-order valence-electron chi connectivity index (χ4n) is 2.65. The van der Waals surface area contributed by atoms with Crippen LogP contribution in [0.25, 0.3) is 11.0 Å². The van der Waals surface area contributed by atoms with Crippen LogP contribution < -0.4 is 4.73 Å². The van der Waals surface area contributed by atoms with Crippen molar-refractivity contribution in [3.05, 3.63) is 41.4 Å². The average molecular weight is 301 g/mol. The maximum atomic E-state index is 12.1. The number of amides is 1. The van der Waals surface area contributed by atoms with Crippen LogP contribution in [0, 0.1) is 5.21 Å². The Labute approximate surface area is 128 Å². The van der Waals surface area contributed by atoms with E-state index in [1.165, 1.54) is 6.20 Å². The SMILES string of the molecule is O=C(CCCc1c[n+]([O-])c2ccccc2n1)N1CCOCC1. The molecule has 3 rings (SSSR count). The predicted molar refractivity (Wildman–Crippen MR) is 81.0 cm³/mol. The van der Waals surface area contributed by atoms with Crippen molar-refractivity contribution in [2.75, 3.05) is 26.3 Å². The van der Waals surface area contributed by atoms with Gasteiger partial charge in [0.2, 0.25) is 17.6 Å². The van der Waals surface area contributed by atoms with Crippen molar-refractivity contribution in [2.45, 2.75) is 19.3 Å². The number of carbonyl (C=O) groups excluding carboxylic acids is 1. The molecule has 1 aromatic heterocycles. The molecule has 0 N–H and O–H groups in total. The third kappa shape index (κ3) is 3.33. The van der Waals surface area contributed by atoms with Gasteiger partial charge in [0.05, 0.1) is 13.2 Å². The third-order valence-corrected chi connectivity index (χ3v) is 3.84. The summed E-state index contributed by atoms with van der Waals surface area (Å²) < 4.78 is 6.09. The highest BCUT2D eigenvalue weighted by Gasteiger charge is 2.16. The zero-order valence-corrected chi connectivity index (χ0v) is 12.4. The smallest absolute Gasteiger partial charge is 0.242 e. The van der Waals surface area contributed by atoms with Crippen LogP contribution in [0.15, 0.2) is 30.5 Å². The minimum absolute atomic E-state index is 0.152. The quantitative estimate of drug-likeness (QED) is 0.625. The van der Waals surface area contributed by atoms with Gasteiger partial charge in [-0.05, 0) is 18.9 Å². The number of benzene rings is 1. The second-order valence-electron chi connectivity index (χ2n) is 5.39. The zero-order valence-electron chi connectivity index (χ0n) is 12.4. The van der Waals surface area contributed by atoms with Gasteiger partial charge in [-0.3, -0.25) is 4.79 Å². The van der Waals surface area contributed by atoms with E-state index in [9.17, 15) is 10.0 Å². The molecule has 0 radical (unpaired) electrons. The third-order valence-electron chi connectivity index (χ3n) is 3.84. The Morgan fingerprint density at radius 2 is 2.09 bits per heavy atom. The van der Waals surface area contributed by atoms with Gasteiger partial charge in [0, 0.05) is 25.6 Å². The van der Waals surface area contributed by atoms with Gasteiger partial charge in [-0.25, -0.2) is 4.98 Å². The van der Waals surface area contributed by atoms with E-state index in [-0.39, 0.29) is 5.91 Å².